The van der Waals surface area contributed by atoms with E-state index in [0.29, 0.717) is 39.3 Å². The van der Waals surface area contributed by atoms with Gasteiger partial charge >= 0.3 is 17.9 Å². The number of likely N-dealkylation sites (N-methyl/N-ethyl adjacent to an activating group) is 1. The van der Waals surface area contributed by atoms with Gasteiger partial charge in [-0.2, -0.15) is 0 Å². The summed E-state index contributed by atoms with van der Waals surface area (Å²) in [4.78, 5) is 37.4. The number of hydrogen-bond donors (Lipinski definition) is 1. The maximum atomic E-state index is 11.7. The van der Waals surface area contributed by atoms with Crippen LogP contribution in [0.2, 0.25) is 0 Å². The smallest absolute Gasteiger partial charge is 0.409 e. The Morgan fingerprint density at radius 1 is 1.06 bits per heavy atom. The monoisotopic (exact) mass is 257 g/mol. The van der Waals surface area contributed by atoms with Gasteiger partial charge in [0, 0.05) is 32.7 Å². The molecule has 0 aliphatic carbocycles. The largest absolute Gasteiger partial charge is 0.450 e. The summed E-state index contributed by atoms with van der Waals surface area (Å²) in [5.41, 5.74) is 0. The lowest BCUT2D eigenvalue weighted by Gasteiger charge is -2.33. The third-order valence-electron chi connectivity index (χ3n) is 2.62. The molecule has 1 aliphatic rings. The van der Waals surface area contributed by atoms with Crippen LogP contribution in [-0.2, 0) is 14.3 Å². The molecule has 7 heteroatoms. The van der Waals surface area contributed by atoms with Crippen LogP contribution in [-0.4, -0.2) is 67.0 Å². The second kappa shape index (κ2) is 6.83. The molecule has 1 aliphatic heterocycles. The Labute approximate surface area is 106 Å². The van der Waals surface area contributed by atoms with E-state index >= 15 is 0 Å². The molecule has 102 valence electrons. The van der Waals surface area contributed by atoms with Crippen molar-refractivity contribution in [2.24, 2.45) is 0 Å². The quantitative estimate of drug-likeness (QED) is 0.671. The summed E-state index contributed by atoms with van der Waals surface area (Å²) in [5.74, 6) is -1.14. The fourth-order valence-corrected chi connectivity index (χ4v) is 1.69. The van der Waals surface area contributed by atoms with Crippen molar-refractivity contribution in [3.8, 4) is 0 Å². The summed E-state index contributed by atoms with van der Waals surface area (Å²) in [6.45, 7) is 5.75. The molecule has 0 aromatic rings. The van der Waals surface area contributed by atoms with Crippen LogP contribution in [0.1, 0.15) is 13.8 Å². The third kappa shape index (κ3) is 3.61. The second-order valence-corrected chi connectivity index (χ2v) is 3.84. The minimum atomic E-state index is -0.595. The number of piperazine rings is 1. The molecule has 18 heavy (non-hydrogen) atoms. The predicted molar refractivity (Wildman–Crippen MR) is 63.9 cm³/mol. The highest BCUT2D eigenvalue weighted by Gasteiger charge is 2.27. The van der Waals surface area contributed by atoms with E-state index in [2.05, 4.69) is 5.32 Å². The molecule has 1 fully saturated rings. The number of nitrogens with one attached hydrogen (secondary N) is 1. The molecule has 0 unspecified atom stereocenters. The molecule has 0 aromatic heterocycles. The van der Waals surface area contributed by atoms with Crippen molar-refractivity contribution < 1.29 is 19.1 Å². The molecule has 0 radical (unpaired) electrons. The zero-order valence-electron chi connectivity index (χ0n) is 10.8. The second-order valence-electron chi connectivity index (χ2n) is 3.84. The van der Waals surface area contributed by atoms with Crippen LogP contribution in [0.25, 0.3) is 0 Å². The van der Waals surface area contributed by atoms with Crippen LogP contribution in [0, 0.1) is 0 Å². The van der Waals surface area contributed by atoms with E-state index in [4.69, 9.17) is 4.74 Å². The highest BCUT2D eigenvalue weighted by Crippen LogP contribution is 2.04. The van der Waals surface area contributed by atoms with E-state index in [0.717, 1.165) is 0 Å². The maximum Gasteiger partial charge on any atom is 0.409 e. The highest BCUT2D eigenvalue weighted by molar-refractivity contribution is 6.35. The summed E-state index contributed by atoms with van der Waals surface area (Å²) in [7, 11) is 0. The average molecular weight is 257 g/mol. The van der Waals surface area contributed by atoms with E-state index < -0.39 is 11.8 Å². The van der Waals surface area contributed by atoms with E-state index in [-0.39, 0.29) is 6.09 Å². The fourth-order valence-electron chi connectivity index (χ4n) is 1.69. The van der Waals surface area contributed by atoms with Crippen LogP contribution in [0.3, 0.4) is 0 Å². The van der Waals surface area contributed by atoms with Crippen LogP contribution in [0.4, 0.5) is 4.79 Å². The van der Waals surface area contributed by atoms with Crippen LogP contribution < -0.4 is 5.32 Å². The standard InChI is InChI=1S/C11H19N3O4/c1-3-12-9(15)10(16)13-5-7-14(8-6-13)11(17)18-4-2/h3-8H2,1-2H3,(H,12,15). The first-order valence-corrected chi connectivity index (χ1v) is 6.09. The number of ether oxygens (including phenoxy) is 1. The summed E-state index contributed by atoms with van der Waals surface area (Å²) in [5, 5.41) is 2.46. The Bertz CT molecular complexity index is 324. The van der Waals surface area contributed by atoms with Gasteiger partial charge in [0.05, 0.1) is 6.61 Å². The van der Waals surface area contributed by atoms with E-state index in [9.17, 15) is 14.4 Å². The summed E-state index contributed by atoms with van der Waals surface area (Å²) >= 11 is 0. The van der Waals surface area contributed by atoms with Crippen molar-refractivity contribution in [1.29, 1.82) is 0 Å². The molecular formula is C11H19N3O4. The Morgan fingerprint density at radius 2 is 1.61 bits per heavy atom. The number of hydrogen-bond acceptors (Lipinski definition) is 4. The van der Waals surface area contributed by atoms with Crippen molar-refractivity contribution in [2.45, 2.75) is 13.8 Å². The number of carbonyl (C=O) groups excluding carboxylic acids is 3. The van der Waals surface area contributed by atoms with Gasteiger partial charge in [0.15, 0.2) is 0 Å². The topological polar surface area (TPSA) is 79.0 Å². The highest BCUT2D eigenvalue weighted by atomic mass is 16.6. The lowest BCUT2D eigenvalue weighted by Crippen LogP contribution is -2.53. The molecule has 1 heterocycles. The maximum absolute atomic E-state index is 11.7. The third-order valence-corrected chi connectivity index (χ3v) is 2.62. The van der Waals surface area contributed by atoms with Gasteiger partial charge in [-0.15, -0.1) is 0 Å². The Kier molecular flexibility index (Phi) is 5.41. The van der Waals surface area contributed by atoms with Gasteiger partial charge in [-0.25, -0.2) is 4.79 Å². The Morgan fingerprint density at radius 3 is 2.11 bits per heavy atom. The molecule has 3 amide bonds. The molecule has 0 bridgehead atoms. The predicted octanol–water partition coefficient (Wildman–Crippen LogP) is -0.577. The summed E-state index contributed by atoms with van der Waals surface area (Å²) < 4.78 is 4.87. The number of rotatable bonds is 2. The van der Waals surface area contributed by atoms with Gasteiger partial charge in [-0.3, -0.25) is 9.59 Å². The van der Waals surface area contributed by atoms with Crippen molar-refractivity contribution in [3.63, 3.8) is 0 Å². The SMILES string of the molecule is CCNC(=O)C(=O)N1CCN(C(=O)OCC)CC1. The van der Waals surface area contributed by atoms with E-state index in [1.54, 1.807) is 13.8 Å². The van der Waals surface area contributed by atoms with Gasteiger partial charge < -0.3 is 19.9 Å². The van der Waals surface area contributed by atoms with Gasteiger partial charge in [-0.05, 0) is 13.8 Å². The molecule has 1 N–H and O–H groups in total. The first-order chi connectivity index (χ1) is 8.60. The van der Waals surface area contributed by atoms with Gasteiger partial charge in [0.2, 0.25) is 0 Å². The van der Waals surface area contributed by atoms with E-state index in [1.807, 2.05) is 0 Å². The average Bonchev–Trinajstić information content (AvgIpc) is 2.38. The first kappa shape index (κ1) is 14.3. The minimum absolute atomic E-state index is 0.330. The summed E-state index contributed by atoms with van der Waals surface area (Å²) in [6, 6.07) is 0. The normalized spacial score (nSPS) is 15.2. The number of carbonyl (C=O) groups is 3. The molecule has 1 saturated heterocycles. The molecule has 0 saturated carbocycles. The molecule has 0 spiro atoms. The first-order valence-electron chi connectivity index (χ1n) is 6.09. The molecular weight excluding hydrogens is 238 g/mol. The van der Waals surface area contributed by atoms with Crippen LogP contribution >= 0.6 is 0 Å². The minimum Gasteiger partial charge on any atom is -0.450 e. The lowest BCUT2D eigenvalue weighted by molar-refractivity contribution is -0.146. The van der Waals surface area contributed by atoms with Crippen molar-refractivity contribution >= 4 is 17.9 Å². The van der Waals surface area contributed by atoms with Gasteiger partial charge in [0.1, 0.15) is 0 Å². The molecule has 1 rings (SSSR count). The van der Waals surface area contributed by atoms with Crippen molar-refractivity contribution in [2.75, 3.05) is 39.3 Å². The van der Waals surface area contributed by atoms with Crippen LogP contribution in [0.5, 0.6) is 0 Å². The number of nitrogens with zero attached hydrogens (tertiary/aromatic N) is 2. The lowest BCUT2D eigenvalue weighted by atomic mass is 10.3. The van der Waals surface area contributed by atoms with E-state index in [1.165, 1.54) is 9.80 Å². The van der Waals surface area contributed by atoms with Crippen molar-refractivity contribution in [1.82, 2.24) is 15.1 Å². The molecule has 0 atom stereocenters. The Hall–Kier alpha value is -1.79. The zero-order chi connectivity index (χ0) is 13.5. The van der Waals surface area contributed by atoms with Gasteiger partial charge in [0.25, 0.3) is 0 Å². The van der Waals surface area contributed by atoms with Crippen molar-refractivity contribution in [3.05, 3.63) is 0 Å². The fraction of sp³-hybridized carbons (Fsp3) is 0.727. The number of amides is 3. The zero-order valence-corrected chi connectivity index (χ0v) is 10.8. The van der Waals surface area contributed by atoms with Gasteiger partial charge in [-0.1, -0.05) is 0 Å². The molecule has 0 aromatic carbocycles. The Balaban J connectivity index is 2.41. The van der Waals surface area contributed by atoms with Crippen LogP contribution in [0.15, 0.2) is 0 Å². The molecule has 7 nitrogen and oxygen atoms in total. The summed E-state index contributed by atoms with van der Waals surface area (Å²) in [6.07, 6.45) is -0.373.